The van der Waals surface area contributed by atoms with Gasteiger partial charge >= 0.3 is 0 Å². The first-order valence-electron chi connectivity index (χ1n) is 6.95. The molecule has 0 bridgehead atoms. The number of aromatic nitrogens is 2. The van der Waals surface area contributed by atoms with Crippen molar-refractivity contribution in [2.75, 3.05) is 30.9 Å². The van der Waals surface area contributed by atoms with E-state index in [1.54, 1.807) is 7.11 Å². The Hall–Kier alpha value is -1.36. The number of rotatable bonds is 8. The summed E-state index contributed by atoms with van der Waals surface area (Å²) in [5.74, 6) is 2.51. The zero-order valence-electron chi connectivity index (χ0n) is 12.7. The van der Waals surface area contributed by atoms with Crippen LogP contribution < -0.4 is 10.2 Å². The minimum atomic E-state index is 0.433. The number of methoxy groups -OCH3 is 1. The molecule has 0 saturated heterocycles. The maximum absolute atomic E-state index is 5.13. The van der Waals surface area contributed by atoms with Crippen molar-refractivity contribution in [1.82, 2.24) is 9.97 Å². The van der Waals surface area contributed by atoms with Crippen LogP contribution in [-0.2, 0) is 11.3 Å². The van der Waals surface area contributed by atoms with Crippen LogP contribution in [0.15, 0.2) is 6.07 Å². The van der Waals surface area contributed by atoms with Gasteiger partial charge in [-0.05, 0) is 20.3 Å². The fourth-order valence-corrected chi connectivity index (χ4v) is 1.97. The van der Waals surface area contributed by atoms with E-state index in [0.29, 0.717) is 18.5 Å². The van der Waals surface area contributed by atoms with E-state index >= 15 is 0 Å². The van der Waals surface area contributed by atoms with Gasteiger partial charge in [-0.3, -0.25) is 0 Å². The number of nitrogens with zero attached hydrogens (tertiary/aromatic N) is 3. The fourth-order valence-electron chi connectivity index (χ4n) is 1.97. The summed E-state index contributed by atoms with van der Waals surface area (Å²) in [4.78, 5) is 11.2. The summed E-state index contributed by atoms with van der Waals surface area (Å²) in [6.45, 7) is 7.75. The van der Waals surface area contributed by atoms with E-state index in [9.17, 15) is 0 Å². The topological polar surface area (TPSA) is 50.3 Å². The highest BCUT2D eigenvalue weighted by atomic mass is 16.5. The van der Waals surface area contributed by atoms with Crippen molar-refractivity contribution in [3.63, 3.8) is 0 Å². The van der Waals surface area contributed by atoms with E-state index in [1.165, 1.54) is 6.42 Å². The third-order valence-corrected chi connectivity index (χ3v) is 3.12. The van der Waals surface area contributed by atoms with Crippen LogP contribution in [0.25, 0.3) is 0 Å². The Kier molecular flexibility index (Phi) is 6.56. The third kappa shape index (κ3) is 4.67. The van der Waals surface area contributed by atoms with Crippen LogP contribution in [0.1, 0.15) is 39.4 Å². The van der Waals surface area contributed by atoms with Gasteiger partial charge in [0.2, 0.25) is 0 Å². The number of hydrogen-bond acceptors (Lipinski definition) is 5. The molecule has 0 aliphatic heterocycles. The van der Waals surface area contributed by atoms with E-state index in [0.717, 1.165) is 24.6 Å². The lowest BCUT2D eigenvalue weighted by molar-refractivity contribution is 0.178. The van der Waals surface area contributed by atoms with Crippen LogP contribution in [0, 0.1) is 0 Å². The Morgan fingerprint density at radius 2 is 2.11 bits per heavy atom. The van der Waals surface area contributed by atoms with Crippen molar-refractivity contribution in [2.24, 2.45) is 0 Å². The molecule has 0 aliphatic carbocycles. The highest BCUT2D eigenvalue weighted by Gasteiger charge is 2.13. The summed E-state index contributed by atoms with van der Waals surface area (Å²) >= 11 is 0. The minimum Gasteiger partial charge on any atom is -0.377 e. The van der Waals surface area contributed by atoms with E-state index in [4.69, 9.17) is 4.74 Å². The molecule has 0 spiro atoms. The number of anilines is 2. The van der Waals surface area contributed by atoms with Gasteiger partial charge < -0.3 is 15.0 Å². The minimum absolute atomic E-state index is 0.433. The lowest BCUT2D eigenvalue weighted by Crippen LogP contribution is -2.30. The van der Waals surface area contributed by atoms with Gasteiger partial charge in [0, 0.05) is 32.8 Å². The Morgan fingerprint density at radius 1 is 1.37 bits per heavy atom. The SMILES string of the molecule is CCCC(C)N(C)c1cc(NCC)nc(COC)n1. The fraction of sp³-hybridized carbons (Fsp3) is 0.714. The molecule has 1 aromatic heterocycles. The van der Waals surface area contributed by atoms with Gasteiger partial charge in [-0.2, -0.15) is 0 Å². The predicted octanol–water partition coefficient (Wildman–Crippen LogP) is 2.68. The van der Waals surface area contributed by atoms with Crippen LogP contribution in [0.2, 0.25) is 0 Å². The molecular formula is C14H26N4O. The summed E-state index contributed by atoms with van der Waals surface area (Å²) in [6.07, 6.45) is 2.32. The zero-order chi connectivity index (χ0) is 14.3. The molecule has 0 fully saturated rings. The van der Waals surface area contributed by atoms with E-state index in [-0.39, 0.29) is 0 Å². The van der Waals surface area contributed by atoms with Gasteiger partial charge in [0.05, 0.1) is 0 Å². The Labute approximate surface area is 116 Å². The van der Waals surface area contributed by atoms with Crippen LogP contribution in [0.3, 0.4) is 0 Å². The van der Waals surface area contributed by atoms with Crippen molar-refractivity contribution in [2.45, 2.75) is 46.3 Å². The summed E-state index contributed by atoms with van der Waals surface area (Å²) < 4.78 is 5.13. The highest BCUT2D eigenvalue weighted by Crippen LogP contribution is 2.19. The highest BCUT2D eigenvalue weighted by molar-refractivity contribution is 5.49. The van der Waals surface area contributed by atoms with Crippen LogP contribution in [0.4, 0.5) is 11.6 Å². The average molecular weight is 266 g/mol. The molecule has 1 atom stereocenters. The van der Waals surface area contributed by atoms with E-state index in [1.807, 2.05) is 6.07 Å². The Bertz CT molecular complexity index is 359. The van der Waals surface area contributed by atoms with Crippen molar-refractivity contribution in [3.05, 3.63) is 11.9 Å². The smallest absolute Gasteiger partial charge is 0.158 e. The largest absolute Gasteiger partial charge is 0.377 e. The molecule has 1 rings (SSSR count). The van der Waals surface area contributed by atoms with Crippen molar-refractivity contribution < 1.29 is 4.74 Å². The molecule has 0 aliphatic rings. The molecule has 1 unspecified atom stereocenters. The van der Waals surface area contributed by atoms with Gasteiger partial charge in [-0.25, -0.2) is 9.97 Å². The van der Waals surface area contributed by atoms with Gasteiger partial charge in [0.1, 0.15) is 18.2 Å². The summed E-state index contributed by atoms with van der Waals surface area (Å²) in [5, 5.41) is 3.24. The van der Waals surface area contributed by atoms with Gasteiger partial charge in [0.25, 0.3) is 0 Å². The normalized spacial score (nSPS) is 12.3. The third-order valence-electron chi connectivity index (χ3n) is 3.12. The van der Waals surface area contributed by atoms with Crippen LogP contribution in [-0.4, -0.2) is 36.7 Å². The van der Waals surface area contributed by atoms with E-state index in [2.05, 4.69) is 48.0 Å². The zero-order valence-corrected chi connectivity index (χ0v) is 12.7. The molecule has 0 aromatic carbocycles. The summed E-state index contributed by atoms with van der Waals surface area (Å²) in [6, 6.07) is 2.46. The van der Waals surface area contributed by atoms with Crippen molar-refractivity contribution in [1.29, 1.82) is 0 Å². The quantitative estimate of drug-likeness (QED) is 0.784. The van der Waals surface area contributed by atoms with Gasteiger partial charge in [0.15, 0.2) is 5.82 Å². The predicted molar refractivity (Wildman–Crippen MR) is 79.7 cm³/mol. The van der Waals surface area contributed by atoms with Gasteiger partial charge in [-0.1, -0.05) is 13.3 Å². The number of ether oxygens (including phenoxy) is 1. The van der Waals surface area contributed by atoms with Crippen LogP contribution >= 0.6 is 0 Å². The lowest BCUT2D eigenvalue weighted by atomic mass is 10.2. The molecule has 1 N–H and O–H groups in total. The second kappa shape index (κ2) is 7.94. The molecule has 5 nitrogen and oxygen atoms in total. The second-order valence-corrected chi connectivity index (χ2v) is 4.74. The standard InChI is InChI=1S/C14H26N4O/c1-6-8-11(3)18(4)14-9-12(15-7-2)16-13(17-14)10-19-5/h9,11H,6-8,10H2,1-5H3,(H,15,16,17). The molecule has 1 aromatic rings. The summed E-state index contributed by atoms with van der Waals surface area (Å²) in [7, 11) is 3.74. The molecule has 0 saturated carbocycles. The summed E-state index contributed by atoms with van der Waals surface area (Å²) in [5.41, 5.74) is 0. The van der Waals surface area contributed by atoms with Crippen LogP contribution in [0.5, 0.6) is 0 Å². The molecule has 108 valence electrons. The molecule has 5 heteroatoms. The van der Waals surface area contributed by atoms with Crippen molar-refractivity contribution >= 4 is 11.6 Å². The molecule has 19 heavy (non-hydrogen) atoms. The average Bonchev–Trinajstić information content (AvgIpc) is 2.38. The lowest BCUT2D eigenvalue weighted by Gasteiger charge is -2.26. The molecule has 1 heterocycles. The van der Waals surface area contributed by atoms with E-state index < -0.39 is 0 Å². The molecular weight excluding hydrogens is 240 g/mol. The first-order valence-corrected chi connectivity index (χ1v) is 6.95. The Balaban J connectivity index is 2.96. The second-order valence-electron chi connectivity index (χ2n) is 4.74. The Morgan fingerprint density at radius 3 is 2.68 bits per heavy atom. The first kappa shape index (κ1) is 15.7. The molecule has 0 radical (unpaired) electrons. The van der Waals surface area contributed by atoms with Gasteiger partial charge in [-0.15, -0.1) is 0 Å². The first-order chi connectivity index (χ1) is 9.12. The monoisotopic (exact) mass is 266 g/mol. The number of hydrogen-bond donors (Lipinski definition) is 1. The maximum atomic E-state index is 5.13. The maximum Gasteiger partial charge on any atom is 0.158 e. The van der Waals surface area contributed by atoms with Crippen molar-refractivity contribution in [3.8, 4) is 0 Å². The number of nitrogens with one attached hydrogen (secondary N) is 1. The molecule has 0 amide bonds.